The highest BCUT2D eigenvalue weighted by atomic mass is 16.5. The Bertz CT molecular complexity index is 830. The summed E-state index contributed by atoms with van der Waals surface area (Å²) in [5.41, 5.74) is 5.38. The SMILES string of the molecule is Cc1c(-c2ccon2)cc(C#N)cc1-[n+]1ccccc1C. The van der Waals surface area contributed by atoms with Crippen LogP contribution in [0, 0.1) is 25.2 Å². The fourth-order valence-corrected chi connectivity index (χ4v) is 2.43. The number of benzene rings is 1. The van der Waals surface area contributed by atoms with Crippen LogP contribution in [0.3, 0.4) is 0 Å². The van der Waals surface area contributed by atoms with Crippen molar-refractivity contribution in [1.82, 2.24) is 5.16 Å². The first-order valence-corrected chi connectivity index (χ1v) is 6.64. The number of nitrogens with zero attached hydrogens (tertiary/aromatic N) is 3. The Morgan fingerprint density at radius 3 is 2.71 bits per heavy atom. The van der Waals surface area contributed by atoms with Gasteiger partial charge < -0.3 is 4.52 Å². The first-order valence-electron chi connectivity index (χ1n) is 6.64. The zero-order valence-electron chi connectivity index (χ0n) is 11.9. The Morgan fingerprint density at radius 2 is 2.05 bits per heavy atom. The third-order valence-electron chi connectivity index (χ3n) is 3.55. The van der Waals surface area contributed by atoms with Crippen molar-refractivity contribution in [3.8, 4) is 23.0 Å². The predicted molar refractivity (Wildman–Crippen MR) is 77.7 cm³/mol. The fourth-order valence-electron chi connectivity index (χ4n) is 2.43. The van der Waals surface area contributed by atoms with E-state index in [1.807, 2.05) is 50.4 Å². The van der Waals surface area contributed by atoms with Gasteiger partial charge in [0.15, 0.2) is 11.9 Å². The number of aromatic nitrogens is 2. The van der Waals surface area contributed by atoms with E-state index >= 15 is 0 Å². The molecule has 4 heteroatoms. The van der Waals surface area contributed by atoms with Gasteiger partial charge in [-0.2, -0.15) is 9.83 Å². The molecule has 21 heavy (non-hydrogen) atoms. The molecule has 0 amide bonds. The Balaban J connectivity index is 2.29. The van der Waals surface area contributed by atoms with E-state index in [1.165, 1.54) is 6.26 Å². The lowest BCUT2D eigenvalue weighted by molar-refractivity contribution is -0.603. The molecular weight excluding hydrogens is 262 g/mol. The van der Waals surface area contributed by atoms with Gasteiger partial charge in [-0.15, -0.1) is 0 Å². The average molecular weight is 276 g/mol. The summed E-state index contributed by atoms with van der Waals surface area (Å²) in [6.45, 7) is 4.06. The normalized spacial score (nSPS) is 10.3. The minimum Gasteiger partial charge on any atom is -0.364 e. The van der Waals surface area contributed by atoms with Crippen LogP contribution in [0.4, 0.5) is 0 Å². The molecule has 3 rings (SSSR count). The second-order valence-electron chi connectivity index (χ2n) is 4.88. The van der Waals surface area contributed by atoms with Crippen LogP contribution in [0.2, 0.25) is 0 Å². The highest BCUT2D eigenvalue weighted by Crippen LogP contribution is 2.26. The minimum atomic E-state index is 0.601. The lowest BCUT2D eigenvalue weighted by atomic mass is 10.00. The van der Waals surface area contributed by atoms with Crippen molar-refractivity contribution in [2.24, 2.45) is 0 Å². The van der Waals surface area contributed by atoms with Crippen LogP contribution in [-0.2, 0) is 0 Å². The lowest BCUT2D eigenvalue weighted by Crippen LogP contribution is -2.34. The van der Waals surface area contributed by atoms with Crippen LogP contribution in [0.5, 0.6) is 0 Å². The Labute approximate surface area is 122 Å². The summed E-state index contributed by atoms with van der Waals surface area (Å²) < 4.78 is 7.00. The highest BCUT2D eigenvalue weighted by Gasteiger charge is 2.19. The number of nitriles is 1. The third kappa shape index (κ3) is 2.30. The van der Waals surface area contributed by atoms with Crippen LogP contribution in [0.25, 0.3) is 16.9 Å². The summed E-state index contributed by atoms with van der Waals surface area (Å²) in [7, 11) is 0. The van der Waals surface area contributed by atoms with Gasteiger partial charge in [0.1, 0.15) is 12.0 Å². The van der Waals surface area contributed by atoms with E-state index in [0.717, 1.165) is 28.2 Å². The molecule has 0 fully saturated rings. The van der Waals surface area contributed by atoms with E-state index in [9.17, 15) is 5.26 Å². The van der Waals surface area contributed by atoms with Crippen molar-refractivity contribution in [1.29, 1.82) is 5.26 Å². The summed E-state index contributed by atoms with van der Waals surface area (Å²) in [6.07, 6.45) is 3.53. The van der Waals surface area contributed by atoms with E-state index in [-0.39, 0.29) is 0 Å². The molecule has 2 aromatic heterocycles. The molecule has 0 saturated carbocycles. The molecule has 0 radical (unpaired) electrons. The van der Waals surface area contributed by atoms with Gasteiger partial charge in [-0.1, -0.05) is 11.2 Å². The third-order valence-corrected chi connectivity index (χ3v) is 3.55. The standard InChI is InChI=1S/C17H14N3O/c1-12-5-3-4-7-20(12)17-10-14(11-18)9-15(13(17)2)16-6-8-21-19-16/h3-10H,1-2H3/q+1. The van der Waals surface area contributed by atoms with Crippen LogP contribution in [0.1, 0.15) is 16.8 Å². The summed E-state index contributed by atoms with van der Waals surface area (Å²) in [6, 6.07) is 13.8. The van der Waals surface area contributed by atoms with Gasteiger partial charge in [-0.25, -0.2) is 0 Å². The summed E-state index contributed by atoms with van der Waals surface area (Å²) in [5.74, 6) is 0. The molecule has 0 N–H and O–H groups in total. The number of aryl methyl sites for hydroxylation is 1. The zero-order valence-corrected chi connectivity index (χ0v) is 11.9. The topological polar surface area (TPSA) is 53.7 Å². The second-order valence-corrected chi connectivity index (χ2v) is 4.88. The molecule has 0 aliphatic carbocycles. The molecule has 102 valence electrons. The van der Waals surface area contributed by atoms with Gasteiger partial charge in [-0.3, -0.25) is 0 Å². The van der Waals surface area contributed by atoms with E-state index in [1.54, 1.807) is 6.07 Å². The van der Waals surface area contributed by atoms with Crippen LogP contribution in [0.15, 0.2) is 53.4 Å². The summed E-state index contributed by atoms with van der Waals surface area (Å²) in [5, 5.41) is 13.3. The van der Waals surface area contributed by atoms with Crippen molar-refractivity contribution in [2.75, 3.05) is 0 Å². The van der Waals surface area contributed by atoms with Gasteiger partial charge in [0.25, 0.3) is 0 Å². The molecule has 1 aromatic carbocycles. The van der Waals surface area contributed by atoms with Gasteiger partial charge in [-0.05, 0) is 13.0 Å². The van der Waals surface area contributed by atoms with Gasteiger partial charge in [0.05, 0.1) is 11.6 Å². The zero-order chi connectivity index (χ0) is 14.8. The Kier molecular flexibility index (Phi) is 3.25. The average Bonchev–Trinajstić information content (AvgIpc) is 3.02. The second kappa shape index (κ2) is 5.22. The molecule has 0 saturated heterocycles. The molecule has 0 bridgehead atoms. The van der Waals surface area contributed by atoms with Crippen LogP contribution in [-0.4, -0.2) is 5.16 Å². The van der Waals surface area contributed by atoms with Crippen molar-refractivity contribution in [3.63, 3.8) is 0 Å². The lowest BCUT2D eigenvalue weighted by Gasteiger charge is -2.07. The number of pyridine rings is 1. The highest BCUT2D eigenvalue weighted by molar-refractivity contribution is 5.68. The smallest absolute Gasteiger partial charge is 0.215 e. The molecule has 0 aliphatic rings. The van der Waals surface area contributed by atoms with Crippen molar-refractivity contribution < 1.29 is 9.09 Å². The summed E-state index contributed by atoms with van der Waals surface area (Å²) >= 11 is 0. The maximum Gasteiger partial charge on any atom is 0.215 e. The maximum atomic E-state index is 9.29. The monoisotopic (exact) mass is 276 g/mol. The van der Waals surface area contributed by atoms with Gasteiger partial charge in [0.2, 0.25) is 5.69 Å². The van der Waals surface area contributed by atoms with E-state index in [0.29, 0.717) is 5.56 Å². The van der Waals surface area contributed by atoms with Gasteiger partial charge in [0, 0.05) is 42.3 Å². The predicted octanol–water partition coefficient (Wildman–Crippen LogP) is 3.11. The molecule has 3 aromatic rings. The molecule has 2 heterocycles. The van der Waals surface area contributed by atoms with Crippen LogP contribution < -0.4 is 4.57 Å². The molecule has 4 nitrogen and oxygen atoms in total. The largest absolute Gasteiger partial charge is 0.364 e. The maximum absolute atomic E-state index is 9.29. The van der Waals surface area contributed by atoms with Crippen molar-refractivity contribution >= 4 is 0 Å². The molecule has 0 unspecified atom stereocenters. The Hall–Kier alpha value is -2.93. The minimum absolute atomic E-state index is 0.601. The van der Waals surface area contributed by atoms with E-state index in [4.69, 9.17) is 4.52 Å². The van der Waals surface area contributed by atoms with E-state index in [2.05, 4.69) is 15.8 Å². The summed E-state index contributed by atoms with van der Waals surface area (Å²) in [4.78, 5) is 0. The molecule has 0 aliphatic heterocycles. The first kappa shape index (κ1) is 13.1. The van der Waals surface area contributed by atoms with E-state index < -0.39 is 0 Å². The molecular formula is C17H14N3O+. The first-order chi connectivity index (χ1) is 10.2. The fraction of sp³-hybridized carbons (Fsp3) is 0.118. The number of rotatable bonds is 2. The molecule has 0 atom stereocenters. The number of hydrogen-bond acceptors (Lipinski definition) is 3. The van der Waals surface area contributed by atoms with Crippen molar-refractivity contribution in [2.45, 2.75) is 13.8 Å². The molecule has 0 spiro atoms. The van der Waals surface area contributed by atoms with Gasteiger partial charge >= 0.3 is 0 Å². The van der Waals surface area contributed by atoms with Crippen molar-refractivity contribution in [3.05, 3.63) is 65.7 Å². The van der Waals surface area contributed by atoms with Crippen LogP contribution >= 0.6 is 0 Å². The quantitative estimate of drug-likeness (QED) is 0.676. The number of hydrogen-bond donors (Lipinski definition) is 0. The Morgan fingerprint density at radius 1 is 1.19 bits per heavy atom.